The van der Waals surface area contributed by atoms with Crippen LogP contribution in [0, 0.1) is 5.41 Å². The molecule has 0 N–H and O–H groups in total. The second-order valence-electron chi connectivity index (χ2n) is 8.95. The molecule has 0 aliphatic carbocycles. The second-order valence-corrected chi connectivity index (χ2v) is 11.4. The zero-order valence-corrected chi connectivity index (χ0v) is 21.0. The molecule has 0 bridgehead atoms. The van der Waals surface area contributed by atoms with E-state index in [4.69, 9.17) is 27.1 Å². The van der Waals surface area contributed by atoms with Crippen molar-refractivity contribution in [3.05, 3.63) is 96.1 Å². The third kappa shape index (κ3) is 5.56. The summed E-state index contributed by atoms with van der Waals surface area (Å²) in [6, 6.07) is 29.2. The van der Waals surface area contributed by atoms with Crippen molar-refractivity contribution in [3.63, 3.8) is 0 Å². The first-order chi connectivity index (χ1) is 17.2. The van der Waals surface area contributed by atoms with E-state index in [1.54, 1.807) is 0 Å². The Bertz CT molecular complexity index is 1190. The molecule has 4 aromatic carbocycles. The number of fused-ring (bicyclic) bond motifs is 2. The fourth-order valence-corrected chi connectivity index (χ4v) is 6.62. The molecule has 0 aromatic heterocycles. The first-order valence-corrected chi connectivity index (χ1v) is 13.8. The largest absolute Gasteiger partial charge is 0.333 e. The maximum absolute atomic E-state index is 5.91. The van der Waals surface area contributed by atoms with Crippen molar-refractivity contribution in [2.24, 2.45) is 5.41 Å². The van der Waals surface area contributed by atoms with Gasteiger partial charge in [0.15, 0.2) is 0 Å². The highest BCUT2D eigenvalue weighted by atomic mass is 31.2. The molecule has 0 unspecified atom stereocenters. The van der Waals surface area contributed by atoms with Crippen LogP contribution < -0.4 is 0 Å². The highest BCUT2D eigenvalue weighted by Gasteiger charge is 2.44. The normalized spacial score (nSPS) is 24.8. The van der Waals surface area contributed by atoms with Crippen molar-refractivity contribution >= 4 is 38.7 Å². The third-order valence-electron chi connectivity index (χ3n) is 6.21. The maximum atomic E-state index is 5.91. The van der Waals surface area contributed by atoms with Gasteiger partial charge in [0.2, 0.25) is 0 Å². The van der Waals surface area contributed by atoms with Crippen molar-refractivity contribution in [1.29, 1.82) is 0 Å². The minimum Gasteiger partial charge on any atom is -0.311 e. The van der Waals surface area contributed by atoms with Gasteiger partial charge >= 0.3 is 17.2 Å². The first-order valence-electron chi connectivity index (χ1n) is 11.6. The molecule has 2 fully saturated rings. The maximum Gasteiger partial charge on any atom is 0.333 e. The lowest BCUT2D eigenvalue weighted by atomic mass is 9.93. The van der Waals surface area contributed by atoms with E-state index in [0.29, 0.717) is 39.6 Å². The lowest BCUT2D eigenvalue weighted by Gasteiger charge is -2.41. The Morgan fingerprint density at radius 3 is 1.37 bits per heavy atom. The molecule has 0 saturated carbocycles. The predicted octanol–water partition coefficient (Wildman–Crippen LogP) is 7.26. The molecule has 2 heterocycles. The highest BCUT2D eigenvalue weighted by Crippen LogP contribution is 2.53. The molecule has 6 nitrogen and oxygen atoms in total. The Kier molecular flexibility index (Phi) is 7.07. The van der Waals surface area contributed by atoms with E-state index in [0.717, 1.165) is 11.1 Å². The zero-order valence-electron chi connectivity index (χ0n) is 19.2. The molecule has 0 amide bonds. The molecule has 2 saturated heterocycles. The number of benzene rings is 4. The van der Waals surface area contributed by atoms with Crippen molar-refractivity contribution in [1.82, 2.24) is 0 Å². The molecule has 8 heteroatoms. The Morgan fingerprint density at radius 2 is 0.943 bits per heavy atom. The summed E-state index contributed by atoms with van der Waals surface area (Å²) in [5, 5.41) is 4.82. The molecule has 2 aliphatic heterocycles. The molecule has 0 radical (unpaired) electrons. The summed E-state index contributed by atoms with van der Waals surface area (Å²) in [4.78, 5) is 0. The van der Waals surface area contributed by atoms with Crippen LogP contribution in [0.25, 0.3) is 21.5 Å². The average molecular weight is 508 g/mol. The fourth-order valence-electron chi connectivity index (χ4n) is 4.14. The minimum absolute atomic E-state index is 0.323. The van der Waals surface area contributed by atoms with Crippen LogP contribution in [0.5, 0.6) is 0 Å². The van der Waals surface area contributed by atoms with Gasteiger partial charge in [0.05, 0.1) is 45.1 Å². The molecular formula is C27H26O6P2. The van der Waals surface area contributed by atoms with E-state index in [-0.39, 0.29) is 5.41 Å². The van der Waals surface area contributed by atoms with Gasteiger partial charge in [-0.2, -0.15) is 0 Å². The lowest BCUT2D eigenvalue weighted by Crippen LogP contribution is -2.44. The van der Waals surface area contributed by atoms with E-state index in [9.17, 15) is 0 Å². The van der Waals surface area contributed by atoms with Crippen LogP contribution in [-0.2, 0) is 40.4 Å². The lowest BCUT2D eigenvalue weighted by molar-refractivity contribution is -0.0772. The highest BCUT2D eigenvalue weighted by molar-refractivity contribution is 7.42. The van der Waals surface area contributed by atoms with Crippen molar-refractivity contribution in [2.45, 2.75) is 13.2 Å². The van der Waals surface area contributed by atoms with Crippen LogP contribution in [0.2, 0.25) is 0 Å². The van der Waals surface area contributed by atoms with Gasteiger partial charge in [-0.3, -0.25) is 0 Å². The number of hydrogen-bond donors (Lipinski definition) is 0. The second kappa shape index (κ2) is 10.6. The zero-order chi connectivity index (χ0) is 23.5. The Balaban J connectivity index is 0.951. The van der Waals surface area contributed by atoms with Crippen molar-refractivity contribution in [3.8, 4) is 0 Å². The molecule has 0 atom stereocenters. The summed E-state index contributed by atoms with van der Waals surface area (Å²) in [6.07, 6.45) is 0. The third-order valence-corrected chi connectivity index (χ3v) is 8.25. The van der Waals surface area contributed by atoms with Gasteiger partial charge in [0.1, 0.15) is 0 Å². The summed E-state index contributed by atoms with van der Waals surface area (Å²) < 4.78 is 35.5. The van der Waals surface area contributed by atoms with Gasteiger partial charge < -0.3 is 27.1 Å². The Labute approximate surface area is 207 Å². The van der Waals surface area contributed by atoms with E-state index < -0.39 is 17.2 Å². The van der Waals surface area contributed by atoms with Gasteiger partial charge in [-0.25, -0.2) is 0 Å². The smallest absolute Gasteiger partial charge is 0.311 e. The van der Waals surface area contributed by atoms with Gasteiger partial charge in [-0.15, -0.1) is 0 Å². The van der Waals surface area contributed by atoms with Gasteiger partial charge in [0, 0.05) is 0 Å². The van der Waals surface area contributed by atoms with Crippen LogP contribution in [0.3, 0.4) is 0 Å². The van der Waals surface area contributed by atoms with Gasteiger partial charge in [-0.05, 0) is 44.8 Å². The Morgan fingerprint density at radius 1 is 0.543 bits per heavy atom. The summed E-state index contributed by atoms with van der Waals surface area (Å²) in [7, 11) is -2.78. The molecular weight excluding hydrogens is 482 g/mol. The van der Waals surface area contributed by atoms with Crippen molar-refractivity contribution < 1.29 is 27.1 Å². The standard InChI is InChI=1S/C27H26O6P2/c1-3-7-25-13-21(9-11-23(25)5-1)15-28-34-30-17-27(18-31-34)19-32-35(33-20-27)29-16-22-10-12-24-6-2-4-8-26(24)14-22/h1-14H,15-20H2. The van der Waals surface area contributed by atoms with Crippen LogP contribution in [0.15, 0.2) is 84.9 Å². The monoisotopic (exact) mass is 508 g/mol. The molecule has 1 spiro atoms. The average Bonchev–Trinajstić information content (AvgIpc) is 2.92. The quantitative estimate of drug-likeness (QED) is 0.256. The molecule has 35 heavy (non-hydrogen) atoms. The molecule has 180 valence electrons. The first kappa shape index (κ1) is 23.4. The summed E-state index contributed by atoms with van der Waals surface area (Å²) in [6.45, 7) is 2.80. The van der Waals surface area contributed by atoms with Crippen LogP contribution >= 0.6 is 17.2 Å². The SMILES string of the molecule is c1ccc2cc(COP3OCC4(CO3)COP(OCc3ccc5ccccc5c3)OC4)ccc2c1. The van der Waals surface area contributed by atoms with Crippen LogP contribution in [0.1, 0.15) is 11.1 Å². The minimum atomic E-state index is -1.39. The van der Waals surface area contributed by atoms with E-state index in [2.05, 4.69) is 60.7 Å². The predicted molar refractivity (Wildman–Crippen MR) is 138 cm³/mol. The number of rotatable bonds is 6. The fraction of sp³-hybridized carbons (Fsp3) is 0.259. The summed E-state index contributed by atoms with van der Waals surface area (Å²) >= 11 is 0. The molecule has 2 aliphatic rings. The molecule has 6 rings (SSSR count). The van der Waals surface area contributed by atoms with E-state index in [1.165, 1.54) is 21.5 Å². The van der Waals surface area contributed by atoms with Crippen LogP contribution in [0.4, 0.5) is 0 Å². The van der Waals surface area contributed by atoms with E-state index in [1.807, 2.05) is 24.3 Å². The summed E-state index contributed by atoms with van der Waals surface area (Å²) in [5.41, 5.74) is 1.87. The summed E-state index contributed by atoms with van der Waals surface area (Å²) in [5.74, 6) is 0. The molecule has 4 aromatic rings. The van der Waals surface area contributed by atoms with Crippen LogP contribution in [-0.4, -0.2) is 26.4 Å². The topological polar surface area (TPSA) is 55.4 Å². The number of hydrogen-bond acceptors (Lipinski definition) is 6. The van der Waals surface area contributed by atoms with Gasteiger partial charge in [0.25, 0.3) is 0 Å². The van der Waals surface area contributed by atoms with Crippen molar-refractivity contribution in [2.75, 3.05) is 26.4 Å². The Hall–Kier alpha value is -1.98. The van der Waals surface area contributed by atoms with Gasteiger partial charge in [-0.1, -0.05) is 72.8 Å². The van der Waals surface area contributed by atoms with E-state index >= 15 is 0 Å².